The quantitative estimate of drug-likeness (QED) is 0.642. The highest BCUT2D eigenvalue weighted by molar-refractivity contribution is 6.20. The van der Waals surface area contributed by atoms with Crippen LogP contribution in [-0.4, -0.2) is 40.0 Å². The molecule has 17 heavy (non-hydrogen) atoms. The van der Waals surface area contributed by atoms with Crippen molar-refractivity contribution in [2.24, 2.45) is 0 Å². The van der Waals surface area contributed by atoms with Gasteiger partial charge in [-0.1, -0.05) is 6.07 Å². The second-order valence-corrected chi connectivity index (χ2v) is 4.71. The fourth-order valence-electron chi connectivity index (χ4n) is 1.38. The van der Waals surface area contributed by atoms with Crippen molar-refractivity contribution in [2.75, 3.05) is 13.6 Å². The Morgan fingerprint density at radius 1 is 1.47 bits per heavy atom. The number of phenols is 2. The molecule has 5 heteroatoms. The van der Waals surface area contributed by atoms with E-state index < -0.39 is 0 Å². The predicted molar refractivity (Wildman–Crippen MR) is 66.7 cm³/mol. The van der Waals surface area contributed by atoms with Crippen LogP contribution in [0.3, 0.4) is 0 Å². The molecule has 0 aliphatic carbocycles. The minimum Gasteiger partial charge on any atom is -0.504 e. The molecular formula is C12H16ClNO3. The highest BCUT2D eigenvalue weighted by Crippen LogP contribution is 2.28. The molecule has 0 spiro atoms. The van der Waals surface area contributed by atoms with Gasteiger partial charge in [-0.3, -0.25) is 4.79 Å². The summed E-state index contributed by atoms with van der Waals surface area (Å²) in [7, 11) is 1.63. The lowest BCUT2D eigenvalue weighted by atomic mass is 10.1. The van der Waals surface area contributed by atoms with Crippen LogP contribution in [0.1, 0.15) is 23.7 Å². The van der Waals surface area contributed by atoms with E-state index >= 15 is 0 Å². The van der Waals surface area contributed by atoms with Gasteiger partial charge in [-0.25, -0.2) is 0 Å². The van der Waals surface area contributed by atoms with Crippen LogP contribution in [0.15, 0.2) is 18.2 Å². The van der Waals surface area contributed by atoms with Crippen molar-refractivity contribution in [3.05, 3.63) is 23.8 Å². The molecule has 1 rings (SSSR count). The molecule has 0 aliphatic heterocycles. The van der Waals surface area contributed by atoms with E-state index in [4.69, 9.17) is 11.6 Å². The first-order valence-electron chi connectivity index (χ1n) is 5.34. The van der Waals surface area contributed by atoms with E-state index in [0.717, 1.165) is 0 Å². The Kier molecular flexibility index (Phi) is 4.63. The number of carbonyl (C=O) groups is 1. The van der Waals surface area contributed by atoms with Crippen molar-refractivity contribution in [3.63, 3.8) is 0 Å². The van der Waals surface area contributed by atoms with E-state index in [1.165, 1.54) is 23.1 Å². The summed E-state index contributed by atoms with van der Waals surface area (Å²) in [6.45, 7) is 2.35. The van der Waals surface area contributed by atoms with E-state index in [9.17, 15) is 15.0 Å². The molecule has 1 aromatic rings. The van der Waals surface area contributed by atoms with Gasteiger partial charge in [0.2, 0.25) is 0 Å². The number of para-hydroxylation sites is 1. The zero-order chi connectivity index (χ0) is 13.0. The van der Waals surface area contributed by atoms with Crippen LogP contribution in [0, 0.1) is 0 Å². The van der Waals surface area contributed by atoms with Crippen LogP contribution in [-0.2, 0) is 0 Å². The van der Waals surface area contributed by atoms with E-state index in [2.05, 4.69) is 0 Å². The number of halogens is 1. The van der Waals surface area contributed by atoms with Crippen molar-refractivity contribution in [1.29, 1.82) is 0 Å². The molecule has 0 saturated heterocycles. The number of amides is 1. The molecule has 2 N–H and O–H groups in total. The first-order chi connectivity index (χ1) is 7.93. The summed E-state index contributed by atoms with van der Waals surface area (Å²) in [5, 5.41) is 18.9. The van der Waals surface area contributed by atoms with Crippen LogP contribution < -0.4 is 0 Å². The van der Waals surface area contributed by atoms with Gasteiger partial charge in [-0.2, -0.15) is 0 Å². The Bertz CT molecular complexity index is 407. The van der Waals surface area contributed by atoms with Crippen LogP contribution in [0.2, 0.25) is 0 Å². The van der Waals surface area contributed by atoms with Gasteiger partial charge in [0.05, 0.1) is 5.56 Å². The Morgan fingerprint density at radius 3 is 2.71 bits per heavy atom. The number of hydrogen-bond donors (Lipinski definition) is 2. The third kappa shape index (κ3) is 3.53. The van der Waals surface area contributed by atoms with Crippen LogP contribution in [0.4, 0.5) is 0 Å². The highest BCUT2D eigenvalue weighted by Gasteiger charge is 2.17. The maximum absolute atomic E-state index is 11.9. The minimum atomic E-state index is -0.386. The van der Waals surface area contributed by atoms with Crippen molar-refractivity contribution in [1.82, 2.24) is 4.90 Å². The average Bonchev–Trinajstić information content (AvgIpc) is 2.28. The van der Waals surface area contributed by atoms with Crippen molar-refractivity contribution < 1.29 is 15.0 Å². The number of aromatic hydroxyl groups is 2. The molecule has 1 amide bonds. The summed E-state index contributed by atoms with van der Waals surface area (Å²) in [5.74, 6) is -1.02. The van der Waals surface area contributed by atoms with Gasteiger partial charge in [0.1, 0.15) is 0 Å². The molecule has 1 atom stereocenters. The molecular weight excluding hydrogens is 242 g/mol. The largest absolute Gasteiger partial charge is 0.504 e. The Labute approximate surface area is 105 Å². The van der Waals surface area contributed by atoms with Gasteiger partial charge < -0.3 is 15.1 Å². The maximum atomic E-state index is 11.9. The summed E-state index contributed by atoms with van der Waals surface area (Å²) < 4.78 is 0. The van der Waals surface area contributed by atoms with E-state index in [1.54, 1.807) is 7.05 Å². The summed E-state index contributed by atoms with van der Waals surface area (Å²) in [6.07, 6.45) is 0.670. The number of rotatable bonds is 4. The molecule has 0 saturated carbocycles. The smallest absolute Gasteiger partial charge is 0.257 e. The lowest BCUT2D eigenvalue weighted by Crippen LogP contribution is -2.28. The fraction of sp³-hybridized carbons (Fsp3) is 0.417. The first kappa shape index (κ1) is 13.6. The number of benzene rings is 1. The van der Waals surface area contributed by atoms with Crippen molar-refractivity contribution >= 4 is 17.5 Å². The van der Waals surface area contributed by atoms with Gasteiger partial charge >= 0.3 is 0 Å². The summed E-state index contributed by atoms with van der Waals surface area (Å²) in [6, 6.07) is 4.31. The number of phenolic OH excluding ortho intramolecular Hbond substituents is 2. The normalized spacial score (nSPS) is 12.2. The minimum absolute atomic E-state index is 0.0111. The van der Waals surface area contributed by atoms with Gasteiger partial charge in [0.15, 0.2) is 11.5 Å². The van der Waals surface area contributed by atoms with E-state index in [0.29, 0.717) is 13.0 Å². The molecule has 1 unspecified atom stereocenters. The van der Waals surface area contributed by atoms with E-state index in [-0.39, 0.29) is 28.3 Å². The average molecular weight is 258 g/mol. The van der Waals surface area contributed by atoms with Gasteiger partial charge in [-0.15, -0.1) is 11.6 Å². The van der Waals surface area contributed by atoms with Crippen molar-refractivity contribution in [2.45, 2.75) is 18.7 Å². The molecule has 4 nitrogen and oxygen atoms in total. The lowest BCUT2D eigenvalue weighted by molar-refractivity contribution is 0.0790. The Balaban J connectivity index is 2.78. The van der Waals surface area contributed by atoms with E-state index in [1.807, 2.05) is 6.92 Å². The Morgan fingerprint density at radius 2 is 2.12 bits per heavy atom. The van der Waals surface area contributed by atoms with Gasteiger partial charge in [-0.05, 0) is 25.5 Å². The van der Waals surface area contributed by atoms with Gasteiger partial charge in [0, 0.05) is 19.0 Å². The summed E-state index contributed by atoms with van der Waals surface area (Å²) in [4.78, 5) is 13.4. The van der Waals surface area contributed by atoms with Gasteiger partial charge in [0.25, 0.3) is 5.91 Å². The molecule has 0 radical (unpaired) electrons. The molecule has 0 aliphatic rings. The molecule has 94 valence electrons. The summed E-state index contributed by atoms with van der Waals surface area (Å²) in [5.41, 5.74) is 0.0923. The second kappa shape index (κ2) is 5.77. The third-order valence-corrected chi connectivity index (χ3v) is 2.67. The molecule has 1 aromatic carbocycles. The number of hydrogen-bond acceptors (Lipinski definition) is 3. The standard InChI is InChI=1S/C12H16ClNO3/c1-8(13)6-7-14(2)12(17)9-4-3-5-10(15)11(9)16/h3-5,8,15-16H,6-7H2,1-2H3. The number of alkyl halides is 1. The topological polar surface area (TPSA) is 60.8 Å². The first-order valence-corrected chi connectivity index (χ1v) is 5.77. The monoisotopic (exact) mass is 257 g/mol. The maximum Gasteiger partial charge on any atom is 0.257 e. The molecule has 0 aromatic heterocycles. The number of nitrogens with zero attached hydrogens (tertiary/aromatic N) is 1. The molecule has 0 fully saturated rings. The lowest BCUT2D eigenvalue weighted by Gasteiger charge is -2.18. The van der Waals surface area contributed by atoms with Crippen molar-refractivity contribution in [3.8, 4) is 11.5 Å². The second-order valence-electron chi connectivity index (χ2n) is 3.97. The Hall–Kier alpha value is -1.42. The highest BCUT2D eigenvalue weighted by atomic mass is 35.5. The SMILES string of the molecule is CC(Cl)CCN(C)C(=O)c1cccc(O)c1O. The summed E-state index contributed by atoms with van der Waals surface area (Å²) >= 11 is 5.80. The van der Waals surface area contributed by atoms with Crippen LogP contribution >= 0.6 is 11.6 Å². The zero-order valence-corrected chi connectivity index (χ0v) is 10.6. The van der Waals surface area contributed by atoms with Crippen LogP contribution in [0.5, 0.6) is 11.5 Å². The fourth-order valence-corrected chi connectivity index (χ4v) is 1.48. The molecule has 0 bridgehead atoms. The zero-order valence-electron chi connectivity index (χ0n) is 9.85. The third-order valence-electron chi connectivity index (χ3n) is 2.45. The van der Waals surface area contributed by atoms with Crippen LogP contribution in [0.25, 0.3) is 0 Å². The molecule has 0 heterocycles. The predicted octanol–water partition coefficient (Wildman–Crippen LogP) is 2.19. The number of carbonyl (C=O) groups excluding carboxylic acids is 1.